The Balaban J connectivity index is 2.61. The van der Waals surface area contributed by atoms with Gasteiger partial charge in [-0.2, -0.15) is 0 Å². The third-order valence-corrected chi connectivity index (χ3v) is 3.52. The molecule has 0 bridgehead atoms. The Morgan fingerprint density at radius 2 is 2.00 bits per heavy atom. The number of hydrogen-bond acceptors (Lipinski definition) is 4. The van der Waals surface area contributed by atoms with Gasteiger partial charge in [0.2, 0.25) is 0 Å². The van der Waals surface area contributed by atoms with Crippen LogP contribution in [0, 0.1) is 0 Å². The normalized spacial score (nSPS) is 13.4. The predicted molar refractivity (Wildman–Crippen MR) is 66.9 cm³/mol. The zero-order valence-electron chi connectivity index (χ0n) is 10.1. The molecule has 1 aromatic carbocycles. The van der Waals surface area contributed by atoms with Gasteiger partial charge in [-0.15, -0.1) is 0 Å². The molecule has 17 heavy (non-hydrogen) atoms. The van der Waals surface area contributed by atoms with Crippen molar-refractivity contribution in [1.82, 2.24) is 0 Å². The van der Waals surface area contributed by atoms with E-state index < -0.39 is 15.9 Å². The summed E-state index contributed by atoms with van der Waals surface area (Å²) >= 11 is 0. The van der Waals surface area contributed by atoms with E-state index in [-0.39, 0.29) is 5.75 Å². The molecule has 5 heteroatoms. The maximum atomic E-state index is 11.0. The third kappa shape index (κ3) is 4.75. The second-order valence-electron chi connectivity index (χ2n) is 4.03. The molecule has 96 valence electrons. The summed E-state index contributed by atoms with van der Waals surface area (Å²) in [7, 11) is -1.42. The van der Waals surface area contributed by atoms with E-state index in [1.807, 2.05) is 12.1 Å². The third-order valence-electron chi connectivity index (χ3n) is 2.49. The molecule has 1 N–H and O–H groups in total. The molecule has 0 aliphatic carbocycles. The zero-order valence-corrected chi connectivity index (χ0v) is 10.9. The Kier molecular flexibility index (Phi) is 4.96. The minimum absolute atomic E-state index is 0.0964. The molecule has 0 saturated heterocycles. The smallest absolute Gasteiger partial charge is 0.147 e. The van der Waals surface area contributed by atoms with E-state index in [4.69, 9.17) is 4.74 Å². The van der Waals surface area contributed by atoms with Crippen molar-refractivity contribution in [3.8, 4) is 5.75 Å². The van der Waals surface area contributed by atoms with Crippen LogP contribution in [0.25, 0.3) is 0 Å². The van der Waals surface area contributed by atoms with Crippen LogP contribution in [0.1, 0.15) is 24.5 Å². The van der Waals surface area contributed by atoms with Gasteiger partial charge >= 0.3 is 0 Å². The SMILES string of the molecule is COc1ccccc1C(O)CCCS(C)(=O)=O. The molecule has 4 nitrogen and oxygen atoms in total. The van der Waals surface area contributed by atoms with E-state index in [1.165, 1.54) is 6.26 Å². The molecule has 0 aromatic heterocycles. The summed E-state index contributed by atoms with van der Waals surface area (Å²) in [5.41, 5.74) is 0.698. The molecule has 1 atom stereocenters. The Hall–Kier alpha value is -1.07. The lowest BCUT2D eigenvalue weighted by atomic mass is 10.0. The fourth-order valence-electron chi connectivity index (χ4n) is 1.64. The van der Waals surface area contributed by atoms with Crippen molar-refractivity contribution in [3.63, 3.8) is 0 Å². The number of benzene rings is 1. The van der Waals surface area contributed by atoms with Gasteiger partial charge in [0.1, 0.15) is 15.6 Å². The molecule has 0 aliphatic heterocycles. The number of para-hydroxylation sites is 1. The molecular weight excluding hydrogens is 240 g/mol. The zero-order chi connectivity index (χ0) is 12.9. The van der Waals surface area contributed by atoms with Gasteiger partial charge in [-0.25, -0.2) is 8.42 Å². The van der Waals surface area contributed by atoms with Crippen LogP contribution in [0.4, 0.5) is 0 Å². The number of aliphatic hydroxyl groups is 1. The van der Waals surface area contributed by atoms with Crippen LogP contribution < -0.4 is 4.74 Å². The highest BCUT2D eigenvalue weighted by Crippen LogP contribution is 2.27. The highest BCUT2D eigenvalue weighted by molar-refractivity contribution is 7.90. The minimum Gasteiger partial charge on any atom is -0.496 e. The first-order valence-corrected chi connectivity index (χ1v) is 7.49. The molecule has 0 heterocycles. The molecule has 0 fully saturated rings. The van der Waals surface area contributed by atoms with Crippen LogP contribution in [-0.2, 0) is 9.84 Å². The largest absolute Gasteiger partial charge is 0.496 e. The van der Waals surface area contributed by atoms with Crippen LogP contribution in [0.5, 0.6) is 5.75 Å². The predicted octanol–water partition coefficient (Wildman–Crippen LogP) is 1.55. The molecule has 0 amide bonds. The van der Waals surface area contributed by atoms with Crippen LogP contribution in [0.2, 0.25) is 0 Å². The van der Waals surface area contributed by atoms with Crippen molar-refractivity contribution in [2.45, 2.75) is 18.9 Å². The maximum Gasteiger partial charge on any atom is 0.147 e. The number of aliphatic hydroxyl groups excluding tert-OH is 1. The minimum atomic E-state index is -2.96. The van der Waals surface area contributed by atoms with Crippen molar-refractivity contribution in [3.05, 3.63) is 29.8 Å². The van der Waals surface area contributed by atoms with Gasteiger partial charge in [0, 0.05) is 17.6 Å². The summed E-state index contributed by atoms with van der Waals surface area (Å²) in [5, 5.41) is 9.95. The number of methoxy groups -OCH3 is 1. The molecule has 0 spiro atoms. The number of sulfone groups is 1. The standard InChI is InChI=1S/C12H18O4S/c1-16-12-8-4-3-6-10(12)11(13)7-5-9-17(2,14)15/h3-4,6,8,11,13H,5,7,9H2,1-2H3. The van der Waals surface area contributed by atoms with Gasteiger partial charge in [0.15, 0.2) is 0 Å². The van der Waals surface area contributed by atoms with E-state index >= 15 is 0 Å². The van der Waals surface area contributed by atoms with Gasteiger partial charge in [-0.1, -0.05) is 18.2 Å². The van der Waals surface area contributed by atoms with E-state index in [9.17, 15) is 13.5 Å². The average Bonchev–Trinajstić information content (AvgIpc) is 2.27. The fraction of sp³-hybridized carbons (Fsp3) is 0.500. The average molecular weight is 258 g/mol. The molecule has 1 aromatic rings. The van der Waals surface area contributed by atoms with Crippen LogP contribution in [0.15, 0.2) is 24.3 Å². The van der Waals surface area contributed by atoms with E-state index in [0.717, 1.165) is 0 Å². The quantitative estimate of drug-likeness (QED) is 0.841. The van der Waals surface area contributed by atoms with Crippen LogP contribution in [-0.4, -0.2) is 32.6 Å². The molecule has 1 unspecified atom stereocenters. The first-order valence-electron chi connectivity index (χ1n) is 5.43. The Labute approximate surface area is 102 Å². The van der Waals surface area contributed by atoms with E-state index in [2.05, 4.69) is 0 Å². The first kappa shape index (κ1) is 14.0. The van der Waals surface area contributed by atoms with Gasteiger partial charge in [-0.05, 0) is 18.9 Å². The topological polar surface area (TPSA) is 63.6 Å². The Morgan fingerprint density at radius 3 is 2.59 bits per heavy atom. The summed E-state index contributed by atoms with van der Waals surface area (Å²) in [5.74, 6) is 0.721. The van der Waals surface area contributed by atoms with E-state index in [1.54, 1.807) is 19.2 Å². The maximum absolute atomic E-state index is 11.0. The monoisotopic (exact) mass is 258 g/mol. The van der Waals surface area contributed by atoms with Crippen molar-refractivity contribution < 1.29 is 18.3 Å². The Morgan fingerprint density at radius 1 is 1.35 bits per heavy atom. The van der Waals surface area contributed by atoms with Gasteiger partial charge in [0.25, 0.3) is 0 Å². The summed E-state index contributed by atoms with van der Waals surface area (Å²) in [6.07, 6.45) is 1.36. The molecule has 0 aliphatic rings. The second-order valence-corrected chi connectivity index (χ2v) is 6.29. The second kappa shape index (κ2) is 6.02. The highest BCUT2D eigenvalue weighted by Gasteiger charge is 2.13. The lowest BCUT2D eigenvalue weighted by Crippen LogP contribution is -2.06. The van der Waals surface area contributed by atoms with Gasteiger partial charge in [-0.3, -0.25) is 0 Å². The summed E-state index contributed by atoms with van der Waals surface area (Å²) < 4.78 is 27.1. The number of ether oxygens (including phenoxy) is 1. The number of hydrogen-bond donors (Lipinski definition) is 1. The summed E-state index contributed by atoms with van der Waals surface area (Å²) in [6, 6.07) is 7.20. The van der Waals surface area contributed by atoms with Crippen LogP contribution in [0.3, 0.4) is 0 Å². The summed E-state index contributed by atoms with van der Waals surface area (Å²) in [4.78, 5) is 0. The molecule has 0 radical (unpaired) electrons. The fourth-order valence-corrected chi connectivity index (χ4v) is 2.33. The summed E-state index contributed by atoms with van der Waals surface area (Å²) in [6.45, 7) is 0. The lowest BCUT2D eigenvalue weighted by molar-refractivity contribution is 0.162. The van der Waals surface area contributed by atoms with Crippen molar-refractivity contribution in [2.24, 2.45) is 0 Å². The van der Waals surface area contributed by atoms with Crippen molar-refractivity contribution >= 4 is 9.84 Å². The van der Waals surface area contributed by atoms with Crippen molar-refractivity contribution in [1.29, 1.82) is 0 Å². The van der Waals surface area contributed by atoms with E-state index in [0.29, 0.717) is 24.2 Å². The molecule has 1 rings (SSSR count). The molecular formula is C12H18O4S. The lowest BCUT2D eigenvalue weighted by Gasteiger charge is -2.14. The first-order chi connectivity index (χ1) is 7.94. The number of rotatable bonds is 6. The van der Waals surface area contributed by atoms with Gasteiger partial charge in [0.05, 0.1) is 13.2 Å². The Bertz CT molecular complexity index is 453. The molecule has 0 saturated carbocycles. The van der Waals surface area contributed by atoms with Crippen molar-refractivity contribution in [2.75, 3.05) is 19.1 Å². The van der Waals surface area contributed by atoms with Crippen LogP contribution >= 0.6 is 0 Å². The highest BCUT2D eigenvalue weighted by atomic mass is 32.2. The van der Waals surface area contributed by atoms with Gasteiger partial charge < -0.3 is 9.84 Å².